The van der Waals surface area contributed by atoms with Crippen molar-refractivity contribution in [3.8, 4) is 0 Å². The van der Waals surface area contributed by atoms with Crippen molar-refractivity contribution in [1.82, 2.24) is 0 Å². The van der Waals surface area contributed by atoms with E-state index in [2.05, 4.69) is 5.32 Å². The van der Waals surface area contributed by atoms with Crippen molar-refractivity contribution in [3.63, 3.8) is 0 Å². The van der Waals surface area contributed by atoms with Gasteiger partial charge in [-0.1, -0.05) is 18.2 Å². The normalized spacial score (nSPS) is 10.3. The van der Waals surface area contributed by atoms with Gasteiger partial charge in [0.25, 0.3) is 11.6 Å². The van der Waals surface area contributed by atoms with Crippen molar-refractivity contribution in [2.75, 3.05) is 11.9 Å². The number of rotatable bonds is 8. The minimum absolute atomic E-state index is 0.0209. The number of amides is 1. The van der Waals surface area contributed by atoms with Crippen LogP contribution in [0.5, 0.6) is 0 Å². The van der Waals surface area contributed by atoms with Crippen LogP contribution in [0, 0.1) is 30.9 Å². The highest BCUT2D eigenvalue weighted by atomic mass is 16.6. The van der Waals surface area contributed by atoms with Gasteiger partial charge in [-0.2, -0.15) is 0 Å². The molecular weight excluding hydrogens is 376 g/mol. The third kappa shape index (κ3) is 5.97. The number of nitrogens with zero attached hydrogens (tertiary/aromatic N) is 1. The second-order valence-electron chi connectivity index (χ2n) is 6.64. The molecule has 1 N–H and O–H groups in total. The standard InChI is InChI=1S/C21H22N2O6/c1-13-7-8-16(11-14(13)2)19(24)9-10-21(26)29-12-20(25)22-17-5-4-6-18(15(17)3)23(27)28/h4-8,11H,9-10,12H2,1-3H3,(H,22,25). The molecule has 152 valence electrons. The monoisotopic (exact) mass is 398 g/mol. The van der Waals surface area contributed by atoms with Gasteiger partial charge in [-0.25, -0.2) is 0 Å². The van der Waals surface area contributed by atoms with Crippen LogP contribution in [0.25, 0.3) is 0 Å². The predicted octanol–water partition coefficient (Wildman–Crippen LogP) is 3.66. The summed E-state index contributed by atoms with van der Waals surface area (Å²) < 4.78 is 4.89. The Morgan fingerprint density at radius 1 is 1.03 bits per heavy atom. The summed E-state index contributed by atoms with van der Waals surface area (Å²) in [5, 5.41) is 13.4. The number of ketones is 1. The van der Waals surface area contributed by atoms with E-state index in [4.69, 9.17) is 4.74 Å². The number of ether oxygens (including phenoxy) is 1. The lowest BCUT2D eigenvalue weighted by Crippen LogP contribution is -2.21. The number of aryl methyl sites for hydroxylation is 2. The van der Waals surface area contributed by atoms with Gasteiger partial charge >= 0.3 is 5.97 Å². The molecule has 2 aromatic carbocycles. The zero-order chi connectivity index (χ0) is 21.6. The van der Waals surface area contributed by atoms with E-state index in [1.54, 1.807) is 12.1 Å². The SMILES string of the molecule is Cc1ccc(C(=O)CCC(=O)OCC(=O)Nc2cccc([N+](=O)[O-])c2C)cc1C. The fourth-order valence-corrected chi connectivity index (χ4v) is 2.64. The molecule has 0 saturated heterocycles. The number of Topliss-reactive ketones (excluding diaryl/α,β-unsaturated/α-hetero) is 1. The van der Waals surface area contributed by atoms with Gasteiger partial charge in [0.05, 0.1) is 22.6 Å². The summed E-state index contributed by atoms with van der Waals surface area (Å²) in [6.45, 7) is 4.82. The molecule has 1 amide bonds. The Bertz CT molecular complexity index is 968. The number of esters is 1. The number of nitrogens with one attached hydrogen (secondary N) is 1. The Morgan fingerprint density at radius 3 is 2.41 bits per heavy atom. The lowest BCUT2D eigenvalue weighted by molar-refractivity contribution is -0.385. The van der Waals surface area contributed by atoms with Crippen LogP contribution in [-0.2, 0) is 14.3 Å². The van der Waals surface area contributed by atoms with Crippen LogP contribution in [0.3, 0.4) is 0 Å². The molecule has 0 aliphatic rings. The van der Waals surface area contributed by atoms with Gasteiger partial charge in [0.1, 0.15) is 0 Å². The largest absolute Gasteiger partial charge is 0.456 e. The molecule has 8 nitrogen and oxygen atoms in total. The van der Waals surface area contributed by atoms with E-state index in [-0.39, 0.29) is 30.0 Å². The average Bonchev–Trinajstić information content (AvgIpc) is 2.68. The van der Waals surface area contributed by atoms with E-state index in [0.29, 0.717) is 11.1 Å². The Morgan fingerprint density at radius 2 is 1.76 bits per heavy atom. The predicted molar refractivity (Wildman–Crippen MR) is 107 cm³/mol. The number of nitro groups is 1. The number of hydrogen-bond acceptors (Lipinski definition) is 6. The van der Waals surface area contributed by atoms with Gasteiger partial charge in [-0.3, -0.25) is 24.5 Å². The summed E-state index contributed by atoms with van der Waals surface area (Å²) in [6.07, 6.45) is -0.165. The minimum atomic E-state index is -0.673. The average molecular weight is 398 g/mol. The van der Waals surface area contributed by atoms with Crippen LogP contribution in [0.4, 0.5) is 11.4 Å². The number of carbonyl (C=O) groups is 3. The van der Waals surface area contributed by atoms with Gasteiger partial charge in [-0.05, 0) is 44.0 Å². The van der Waals surface area contributed by atoms with E-state index < -0.39 is 23.4 Å². The smallest absolute Gasteiger partial charge is 0.306 e. The molecule has 0 aliphatic heterocycles. The molecule has 0 radical (unpaired) electrons. The second kappa shape index (κ2) is 9.59. The van der Waals surface area contributed by atoms with Crippen molar-refractivity contribution in [2.45, 2.75) is 33.6 Å². The molecular formula is C21H22N2O6. The molecule has 29 heavy (non-hydrogen) atoms. The molecule has 0 heterocycles. The maximum atomic E-state index is 12.2. The maximum Gasteiger partial charge on any atom is 0.306 e. The number of anilines is 1. The van der Waals surface area contributed by atoms with Crippen LogP contribution < -0.4 is 5.32 Å². The summed E-state index contributed by atoms with van der Waals surface area (Å²) in [4.78, 5) is 46.3. The van der Waals surface area contributed by atoms with Crippen LogP contribution in [-0.4, -0.2) is 29.2 Å². The highest BCUT2D eigenvalue weighted by Crippen LogP contribution is 2.24. The lowest BCUT2D eigenvalue weighted by atomic mass is 10.0. The topological polar surface area (TPSA) is 116 Å². The van der Waals surface area contributed by atoms with Gasteiger partial charge in [0, 0.05) is 18.1 Å². The molecule has 0 unspecified atom stereocenters. The van der Waals surface area contributed by atoms with Crippen LogP contribution in [0.1, 0.15) is 39.9 Å². The number of carbonyl (C=O) groups excluding carboxylic acids is 3. The summed E-state index contributed by atoms with van der Waals surface area (Å²) in [6, 6.07) is 9.64. The van der Waals surface area contributed by atoms with Crippen molar-refractivity contribution >= 4 is 29.0 Å². The van der Waals surface area contributed by atoms with Gasteiger partial charge in [-0.15, -0.1) is 0 Å². The first kappa shape index (κ1) is 21.7. The molecule has 0 saturated carbocycles. The van der Waals surface area contributed by atoms with Gasteiger partial charge in [0.15, 0.2) is 12.4 Å². The fourth-order valence-electron chi connectivity index (χ4n) is 2.64. The molecule has 2 aromatic rings. The number of hydrogen-bond donors (Lipinski definition) is 1. The summed E-state index contributed by atoms with van der Waals surface area (Å²) in [5.74, 6) is -1.47. The molecule has 0 fully saturated rings. The van der Waals surface area contributed by atoms with Gasteiger partial charge < -0.3 is 10.1 Å². The van der Waals surface area contributed by atoms with Crippen molar-refractivity contribution in [1.29, 1.82) is 0 Å². The lowest BCUT2D eigenvalue weighted by Gasteiger charge is -2.09. The van der Waals surface area contributed by atoms with Crippen LogP contribution >= 0.6 is 0 Å². The molecule has 2 rings (SSSR count). The maximum absolute atomic E-state index is 12.2. The third-order valence-electron chi connectivity index (χ3n) is 4.53. The number of benzene rings is 2. The zero-order valence-corrected chi connectivity index (χ0v) is 16.5. The van der Waals surface area contributed by atoms with E-state index in [0.717, 1.165) is 11.1 Å². The van der Waals surface area contributed by atoms with E-state index in [1.807, 2.05) is 19.9 Å². The van der Waals surface area contributed by atoms with Crippen molar-refractivity contribution in [3.05, 3.63) is 68.8 Å². The Kier molecular flexibility index (Phi) is 7.19. The van der Waals surface area contributed by atoms with Crippen molar-refractivity contribution < 1.29 is 24.0 Å². The third-order valence-corrected chi connectivity index (χ3v) is 4.53. The van der Waals surface area contributed by atoms with Crippen LogP contribution in [0.2, 0.25) is 0 Å². The Balaban J connectivity index is 1.82. The summed E-state index contributed by atoms with van der Waals surface area (Å²) in [7, 11) is 0. The highest BCUT2D eigenvalue weighted by molar-refractivity contribution is 5.98. The first-order valence-electron chi connectivity index (χ1n) is 8.99. The first-order valence-corrected chi connectivity index (χ1v) is 8.99. The Hall–Kier alpha value is -3.55. The fraction of sp³-hybridized carbons (Fsp3) is 0.286. The minimum Gasteiger partial charge on any atom is -0.456 e. The molecule has 0 aliphatic carbocycles. The summed E-state index contributed by atoms with van der Waals surface area (Å²) in [5.41, 5.74) is 3.04. The zero-order valence-electron chi connectivity index (χ0n) is 16.5. The summed E-state index contributed by atoms with van der Waals surface area (Å²) >= 11 is 0. The van der Waals surface area contributed by atoms with Crippen LogP contribution in [0.15, 0.2) is 36.4 Å². The molecule has 0 aromatic heterocycles. The van der Waals surface area contributed by atoms with E-state index in [9.17, 15) is 24.5 Å². The quantitative estimate of drug-likeness (QED) is 0.314. The highest BCUT2D eigenvalue weighted by Gasteiger charge is 2.16. The molecule has 0 bridgehead atoms. The first-order chi connectivity index (χ1) is 13.7. The molecule has 0 atom stereocenters. The molecule has 8 heteroatoms. The van der Waals surface area contributed by atoms with E-state index in [1.165, 1.54) is 25.1 Å². The Labute approximate surface area is 168 Å². The number of nitro benzene ring substituents is 1. The molecule has 0 spiro atoms. The van der Waals surface area contributed by atoms with Crippen molar-refractivity contribution in [2.24, 2.45) is 0 Å². The van der Waals surface area contributed by atoms with Gasteiger partial charge in [0.2, 0.25) is 0 Å². The second-order valence-corrected chi connectivity index (χ2v) is 6.64. The van der Waals surface area contributed by atoms with E-state index >= 15 is 0 Å².